The first-order chi connectivity index (χ1) is 14.0. The third-order valence-electron chi connectivity index (χ3n) is 4.90. The van der Waals surface area contributed by atoms with Gasteiger partial charge in [0.15, 0.2) is 17.3 Å². The fourth-order valence-corrected chi connectivity index (χ4v) is 3.65. The first-order valence-corrected chi connectivity index (χ1v) is 8.97. The molecule has 1 aliphatic heterocycles. The van der Waals surface area contributed by atoms with Crippen LogP contribution in [-0.2, 0) is 4.79 Å². The molecule has 8 heteroatoms. The molecule has 1 aliphatic rings. The number of ketones is 1. The molecule has 29 heavy (non-hydrogen) atoms. The molecule has 4 aromatic rings. The van der Waals surface area contributed by atoms with Gasteiger partial charge in [-0.05, 0) is 50.2 Å². The van der Waals surface area contributed by atoms with Crippen molar-refractivity contribution in [3.05, 3.63) is 77.5 Å². The summed E-state index contributed by atoms with van der Waals surface area (Å²) in [7, 11) is 0. The predicted molar refractivity (Wildman–Crippen MR) is 101 cm³/mol. The normalized spacial score (nSPS) is 16.0. The molecule has 144 valence electrons. The van der Waals surface area contributed by atoms with Crippen LogP contribution in [0.4, 0.5) is 4.39 Å². The molecule has 3 aromatic heterocycles. The maximum atomic E-state index is 13.3. The minimum absolute atomic E-state index is 0.130. The van der Waals surface area contributed by atoms with Gasteiger partial charge in [-0.1, -0.05) is 0 Å². The number of halogens is 1. The summed E-state index contributed by atoms with van der Waals surface area (Å²) in [6, 6.07) is 9.48. The van der Waals surface area contributed by atoms with Gasteiger partial charge >= 0.3 is 0 Å². The molecule has 1 atom stereocenters. The lowest BCUT2D eigenvalue weighted by Crippen LogP contribution is -2.21. The van der Waals surface area contributed by atoms with Crippen LogP contribution < -0.4 is 4.74 Å². The van der Waals surface area contributed by atoms with E-state index in [-0.39, 0.29) is 11.6 Å². The Kier molecular flexibility index (Phi) is 3.80. The highest BCUT2D eigenvalue weighted by Crippen LogP contribution is 2.44. The summed E-state index contributed by atoms with van der Waals surface area (Å²) >= 11 is 0. The number of hydrogen-bond acceptors (Lipinski definition) is 6. The Morgan fingerprint density at radius 2 is 2.00 bits per heavy atom. The molecule has 0 amide bonds. The maximum Gasteiger partial charge on any atom is 0.228 e. The molecular weight excluding hydrogens is 375 g/mol. The number of furan rings is 1. The van der Waals surface area contributed by atoms with Gasteiger partial charge in [-0.15, -0.1) is 5.10 Å². The van der Waals surface area contributed by atoms with E-state index < -0.39 is 5.92 Å². The molecule has 0 N–H and O–H groups in total. The van der Waals surface area contributed by atoms with Gasteiger partial charge in [0, 0.05) is 11.1 Å². The Hall–Kier alpha value is -3.81. The lowest BCUT2D eigenvalue weighted by atomic mass is 9.85. The van der Waals surface area contributed by atoms with E-state index in [9.17, 15) is 9.18 Å². The largest absolute Gasteiger partial charge is 0.468 e. The van der Waals surface area contributed by atoms with Crippen LogP contribution in [0, 0.1) is 5.82 Å². The number of rotatable bonds is 3. The van der Waals surface area contributed by atoms with Crippen molar-refractivity contribution >= 4 is 11.4 Å². The van der Waals surface area contributed by atoms with Crippen LogP contribution in [0.5, 0.6) is 5.88 Å². The molecule has 0 unspecified atom stereocenters. The average Bonchev–Trinajstić information content (AvgIpc) is 3.37. The van der Waals surface area contributed by atoms with Crippen LogP contribution in [0.3, 0.4) is 0 Å². The fraction of sp³-hybridized carbons (Fsp3) is 0.143. The van der Waals surface area contributed by atoms with E-state index in [1.807, 2.05) is 0 Å². The van der Waals surface area contributed by atoms with Gasteiger partial charge in [0.25, 0.3) is 0 Å². The SMILES string of the molecule is CC(=O)C1=C(C)Oc2ncn3nc(-c4ccc(F)cc4)nc3c2[C@H]1c1ccco1. The molecule has 4 heterocycles. The first-order valence-electron chi connectivity index (χ1n) is 8.97. The molecular formula is C21H15FN4O3. The molecule has 0 saturated heterocycles. The molecule has 0 saturated carbocycles. The van der Waals surface area contributed by atoms with Gasteiger partial charge in [0.2, 0.25) is 5.88 Å². The van der Waals surface area contributed by atoms with Crippen molar-refractivity contribution in [1.29, 1.82) is 0 Å². The van der Waals surface area contributed by atoms with E-state index in [4.69, 9.17) is 9.15 Å². The topological polar surface area (TPSA) is 82.5 Å². The van der Waals surface area contributed by atoms with Crippen LogP contribution in [0.15, 0.2) is 64.7 Å². The van der Waals surface area contributed by atoms with Gasteiger partial charge in [-0.3, -0.25) is 4.79 Å². The summed E-state index contributed by atoms with van der Waals surface area (Å²) < 4.78 is 26.3. The Morgan fingerprint density at radius 3 is 2.69 bits per heavy atom. The lowest BCUT2D eigenvalue weighted by Gasteiger charge is -2.26. The van der Waals surface area contributed by atoms with Crippen LogP contribution in [0.2, 0.25) is 0 Å². The van der Waals surface area contributed by atoms with Crippen molar-refractivity contribution in [2.75, 3.05) is 0 Å². The minimum Gasteiger partial charge on any atom is -0.468 e. The average molecular weight is 390 g/mol. The first kappa shape index (κ1) is 17.3. The van der Waals surface area contributed by atoms with Crippen molar-refractivity contribution in [1.82, 2.24) is 19.6 Å². The number of ether oxygens (including phenoxy) is 1. The van der Waals surface area contributed by atoms with E-state index in [0.717, 1.165) is 0 Å². The van der Waals surface area contributed by atoms with Crippen molar-refractivity contribution in [3.63, 3.8) is 0 Å². The number of Topliss-reactive ketones (excluding diaryl/α,β-unsaturated/α-hetero) is 1. The third kappa shape index (κ3) is 2.72. The number of carbonyl (C=O) groups is 1. The summed E-state index contributed by atoms with van der Waals surface area (Å²) in [6.07, 6.45) is 3.05. The second-order valence-electron chi connectivity index (χ2n) is 6.75. The van der Waals surface area contributed by atoms with E-state index in [1.54, 1.807) is 37.5 Å². The number of hydrogen-bond donors (Lipinski definition) is 0. The second kappa shape index (κ2) is 6.37. The van der Waals surface area contributed by atoms with Crippen LogP contribution >= 0.6 is 0 Å². The van der Waals surface area contributed by atoms with Crippen LogP contribution in [-0.4, -0.2) is 25.4 Å². The standard InChI is InChI=1S/C21H15FN4O3/c1-11(27)16-12(2)29-21-18(17(16)15-4-3-9-28-15)20-24-19(25-26(20)10-23-21)13-5-7-14(22)8-6-13/h3-10,17H,1-2H3/t17-/m0/s1. The van der Waals surface area contributed by atoms with Crippen molar-refractivity contribution < 1.29 is 18.3 Å². The van der Waals surface area contributed by atoms with Crippen LogP contribution in [0.25, 0.3) is 17.0 Å². The molecule has 7 nitrogen and oxygen atoms in total. The molecule has 0 aliphatic carbocycles. The number of carbonyl (C=O) groups excluding carboxylic acids is 1. The highest BCUT2D eigenvalue weighted by molar-refractivity contribution is 5.97. The van der Waals surface area contributed by atoms with E-state index in [1.165, 1.54) is 29.9 Å². The molecule has 5 rings (SSSR count). The molecule has 0 spiro atoms. The molecule has 0 fully saturated rings. The maximum absolute atomic E-state index is 13.3. The second-order valence-corrected chi connectivity index (χ2v) is 6.75. The van der Waals surface area contributed by atoms with E-state index >= 15 is 0 Å². The number of allylic oxidation sites excluding steroid dienone is 2. The Bertz CT molecular complexity index is 1270. The Balaban J connectivity index is 1.76. The lowest BCUT2D eigenvalue weighted by molar-refractivity contribution is -0.114. The van der Waals surface area contributed by atoms with E-state index in [2.05, 4.69) is 15.1 Å². The predicted octanol–water partition coefficient (Wildman–Crippen LogP) is 3.91. The monoisotopic (exact) mass is 390 g/mol. The van der Waals surface area contributed by atoms with Gasteiger partial charge in [-0.2, -0.15) is 0 Å². The molecule has 0 radical (unpaired) electrons. The van der Waals surface area contributed by atoms with Gasteiger partial charge in [-0.25, -0.2) is 18.9 Å². The smallest absolute Gasteiger partial charge is 0.228 e. The highest BCUT2D eigenvalue weighted by Gasteiger charge is 2.37. The van der Waals surface area contributed by atoms with Crippen molar-refractivity contribution in [3.8, 4) is 17.3 Å². The number of benzene rings is 1. The van der Waals surface area contributed by atoms with Gasteiger partial charge in [0.05, 0.1) is 17.7 Å². The third-order valence-corrected chi connectivity index (χ3v) is 4.90. The molecule has 0 bridgehead atoms. The zero-order valence-electron chi connectivity index (χ0n) is 15.6. The fourth-order valence-electron chi connectivity index (χ4n) is 3.65. The van der Waals surface area contributed by atoms with E-state index in [0.29, 0.717) is 45.6 Å². The number of nitrogens with zero attached hydrogens (tertiary/aromatic N) is 4. The summed E-state index contributed by atoms with van der Waals surface area (Å²) in [5.41, 5.74) is 2.23. The summed E-state index contributed by atoms with van der Waals surface area (Å²) in [5.74, 6) is 0.826. The van der Waals surface area contributed by atoms with Crippen LogP contribution in [0.1, 0.15) is 31.1 Å². The summed E-state index contributed by atoms with van der Waals surface area (Å²) in [5, 5.41) is 4.46. The summed E-state index contributed by atoms with van der Waals surface area (Å²) in [6.45, 7) is 3.22. The quantitative estimate of drug-likeness (QED) is 0.527. The number of aromatic nitrogens is 4. The van der Waals surface area contributed by atoms with Crippen molar-refractivity contribution in [2.45, 2.75) is 19.8 Å². The zero-order valence-corrected chi connectivity index (χ0v) is 15.6. The number of fused-ring (bicyclic) bond motifs is 3. The minimum atomic E-state index is -0.521. The highest BCUT2D eigenvalue weighted by atomic mass is 19.1. The zero-order chi connectivity index (χ0) is 20.1. The Labute approximate surface area is 164 Å². The summed E-state index contributed by atoms with van der Waals surface area (Å²) in [4.78, 5) is 21.4. The van der Waals surface area contributed by atoms with Crippen molar-refractivity contribution in [2.24, 2.45) is 0 Å². The molecule has 1 aromatic carbocycles. The van der Waals surface area contributed by atoms with Gasteiger partial charge in [0.1, 0.15) is 23.7 Å². The van der Waals surface area contributed by atoms with Gasteiger partial charge < -0.3 is 9.15 Å². The Morgan fingerprint density at radius 1 is 1.21 bits per heavy atom.